The van der Waals surface area contributed by atoms with Crippen molar-refractivity contribution in [2.24, 2.45) is 0 Å². The number of rotatable bonds is 7. The third-order valence-corrected chi connectivity index (χ3v) is 5.20. The van der Waals surface area contributed by atoms with Crippen LogP contribution in [0.15, 0.2) is 84.7 Å². The van der Waals surface area contributed by atoms with Crippen molar-refractivity contribution in [3.8, 4) is 0 Å². The lowest BCUT2D eigenvalue weighted by atomic mass is 9.73. The first-order chi connectivity index (χ1) is 12.4. The Kier molecular flexibility index (Phi) is 6.26. The predicted molar refractivity (Wildman–Crippen MR) is 117 cm³/mol. The molecule has 1 unspecified atom stereocenters. The van der Waals surface area contributed by atoms with Crippen molar-refractivity contribution in [2.75, 3.05) is 5.32 Å². The van der Waals surface area contributed by atoms with Gasteiger partial charge in [-0.1, -0.05) is 62.1 Å². The number of nitrogens with one attached hydrogen (secondary N) is 1. The zero-order valence-corrected chi connectivity index (χ0v) is 16.8. The highest BCUT2D eigenvalue weighted by Crippen LogP contribution is 2.51. The van der Waals surface area contributed by atoms with Gasteiger partial charge in [0.2, 0.25) is 0 Å². The molecule has 136 valence electrons. The maximum absolute atomic E-state index is 4.31. The molecule has 1 aromatic carbocycles. The molecule has 1 aliphatic rings. The zero-order valence-electron chi connectivity index (χ0n) is 16.8. The molecule has 0 saturated heterocycles. The van der Waals surface area contributed by atoms with Gasteiger partial charge in [-0.3, -0.25) is 0 Å². The van der Waals surface area contributed by atoms with E-state index >= 15 is 0 Å². The summed E-state index contributed by atoms with van der Waals surface area (Å²) in [6.45, 7) is 19.0. The second kappa shape index (κ2) is 8.23. The summed E-state index contributed by atoms with van der Waals surface area (Å²) in [6, 6.07) is 6.60. The van der Waals surface area contributed by atoms with Crippen LogP contribution in [0.1, 0.15) is 52.2 Å². The van der Waals surface area contributed by atoms with Gasteiger partial charge < -0.3 is 5.32 Å². The maximum atomic E-state index is 4.31. The minimum atomic E-state index is -0.210. The van der Waals surface area contributed by atoms with Gasteiger partial charge in [-0.25, -0.2) is 0 Å². The summed E-state index contributed by atoms with van der Waals surface area (Å²) in [7, 11) is 0. The molecule has 0 amide bonds. The molecule has 0 spiro atoms. The van der Waals surface area contributed by atoms with Crippen LogP contribution >= 0.6 is 0 Å². The minimum absolute atomic E-state index is 0.210. The summed E-state index contributed by atoms with van der Waals surface area (Å²) in [5.41, 5.74) is 8.13. The first-order valence-electron chi connectivity index (χ1n) is 9.34. The second-order valence-corrected chi connectivity index (χ2v) is 6.88. The Morgan fingerprint density at radius 2 is 2.00 bits per heavy atom. The summed E-state index contributed by atoms with van der Waals surface area (Å²) >= 11 is 0. The Labute approximate surface area is 159 Å². The van der Waals surface area contributed by atoms with Crippen molar-refractivity contribution in [1.82, 2.24) is 0 Å². The molecule has 1 aliphatic carbocycles. The molecule has 1 nitrogen and oxygen atoms in total. The summed E-state index contributed by atoms with van der Waals surface area (Å²) in [5.74, 6) is 0. The van der Waals surface area contributed by atoms with E-state index in [1.165, 1.54) is 22.3 Å². The van der Waals surface area contributed by atoms with Crippen LogP contribution in [0, 0.1) is 0 Å². The van der Waals surface area contributed by atoms with E-state index in [0.29, 0.717) is 0 Å². The first kappa shape index (κ1) is 19.8. The van der Waals surface area contributed by atoms with Crippen LogP contribution in [0.25, 0.3) is 5.57 Å². The fourth-order valence-corrected chi connectivity index (χ4v) is 3.55. The van der Waals surface area contributed by atoms with Gasteiger partial charge in [-0.05, 0) is 74.6 Å². The molecule has 0 radical (unpaired) electrons. The number of fused-ring (bicyclic) bond motifs is 1. The normalized spacial score (nSPS) is 20.1. The molecule has 2 rings (SSSR count). The van der Waals surface area contributed by atoms with Gasteiger partial charge in [0, 0.05) is 16.8 Å². The Morgan fingerprint density at radius 3 is 2.54 bits per heavy atom. The molecule has 0 fully saturated rings. The van der Waals surface area contributed by atoms with Gasteiger partial charge >= 0.3 is 0 Å². The molecule has 0 heterocycles. The number of hydrogen-bond acceptors (Lipinski definition) is 1. The molecule has 0 saturated carbocycles. The lowest BCUT2D eigenvalue weighted by molar-refractivity contribution is 0.691. The molecule has 1 heteroatoms. The Hall–Kier alpha value is -2.54. The van der Waals surface area contributed by atoms with Crippen molar-refractivity contribution in [1.29, 1.82) is 0 Å². The standard InChI is InChI=1S/C25H31N/c1-8-12-14-19(10-3)26-20-15-16-22-21(11-4)23(13-9-2)25(7,18(5)6)24(22)17-20/h9-17,26H,4-5,8H2,1-3,6-7H3/b13-9-,14-12-,19-10+. The van der Waals surface area contributed by atoms with Crippen molar-refractivity contribution in [3.63, 3.8) is 0 Å². The van der Waals surface area contributed by atoms with Crippen LogP contribution in [0.3, 0.4) is 0 Å². The fraction of sp³-hybridized carbons (Fsp3) is 0.280. The molecule has 0 aliphatic heterocycles. The van der Waals surface area contributed by atoms with Gasteiger partial charge in [-0.2, -0.15) is 0 Å². The highest BCUT2D eigenvalue weighted by atomic mass is 14.9. The summed E-state index contributed by atoms with van der Waals surface area (Å²) in [5, 5.41) is 3.53. The van der Waals surface area contributed by atoms with Crippen LogP contribution in [0.4, 0.5) is 5.69 Å². The second-order valence-electron chi connectivity index (χ2n) is 6.88. The van der Waals surface area contributed by atoms with E-state index in [1.807, 2.05) is 6.08 Å². The lowest BCUT2D eigenvalue weighted by Gasteiger charge is -2.29. The quantitative estimate of drug-likeness (QED) is 0.403. The summed E-state index contributed by atoms with van der Waals surface area (Å²) in [4.78, 5) is 0. The summed E-state index contributed by atoms with van der Waals surface area (Å²) in [6.07, 6.45) is 13.7. The van der Waals surface area contributed by atoms with Gasteiger partial charge in [0.15, 0.2) is 0 Å². The monoisotopic (exact) mass is 345 g/mol. The molecular weight excluding hydrogens is 314 g/mol. The Bertz CT molecular complexity index is 830. The molecular formula is C25H31N. The third-order valence-electron chi connectivity index (χ3n) is 5.20. The van der Waals surface area contributed by atoms with E-state index in [4.69, 9.17) is 0 Å². The first-order valence-corrected chi connectivity index (χ1v) is 9.34. The average Bonchev–Trinajstić information content (AvgIpc) is 2.88. The fourth-order valence-electron chi connectivity index (χ4n) is 3.55. The number of benzene rings is 1. The third kappa shape index (κ3) is 3.39. The van der Waals surface area contributed by atoms with Crippen LogP contribution in [-0.2, 0) is 5.41 Å². The maximum Gasteiger partial charge on any atom is 0.0390 e. The Morgan fingerprint density at radius 1 is 1.27 bits per heavy atom. The molecule has 0 aromatic heterocycles. The minimum Gasteiger partial charge on any atom is -0.356 e. The van der Waals surface area contributed by atoms with E-state index in [2.05, 4.69) is 102 Å². The van der Waals surface area contributed by atoms with Crippen LogP contribution in [0.5, 0.6) is 0 Å². The van der Waals surface area contributed by atoms with Crippen LogP contribution in [-0.4, -0.2) is 0 Å². The van der Waals surface area contributed by atoms with E-state index in [0.717, 1.165) is 23.4 Å². The van der Waals surface area contributed by atoms with Gasteiger partial charge in [0.05, 0.1) is 0 Å². The number of allylic oxidation sites excluding steroid dienone is 9. The zero-order chi connectivity index (χ0) is 19.3. The number of hydrogen-bond donors (Lipinski definition) is 1. The highest BCUT2D eigenvalue weighted by molar-refractivity contribution is 5.90. The van der Waals surface area contributed by atoms with E-state index < -0.39 is 0 Å². The molecule has 1 atom stereocenters. The van der Waals surface area contributed by atoms with Crippen molar-refractivity contribution in [2.45, 2.75) is 46.5 Å². The largest absolute Gasteiger partial charge is 0.356 e. The molecule has 26 heavy (non-hydrogen) atoms. The van der Waals surface area contributed by atoms with Crippen LogP contribution < -0.4 is 5.32 Å². The predicted octanol–water partition coefficient (Wildman–Crippen LogP) is 7.33. The van der Waals surface area contributed by atoms with Crippen molar-refractivity contribution in [3.05, 3.63) is 95.8 Å². The molecule has 0 bridgehead atoms. The van der Waals surface area contributed by atoms with Gasteiger partial charge in [0.25, 0.3) is 0 Å². The van der Waals surface area contributed by atoms with E-state index in [9.17, 15) is 0 Å². The van der Waals surface area contributed by atoms with Gasteiger partial charge in [0.1, 0.15) is 0 Å². The molecule has 1 N–H and O–H groups in total. The van der Waals surface area contributed by atoms with E-state index in [-0.39, 0.29) is 5.41 Å². The number of anilines is 1. The highest BCUT2D eigenvalue weighted by Gasteiger charge is 2.40. The van der Waals surface area contributed by atoms with Gasteiger partial charge in [-0.15, -0.1) is 0 Å². The lowest BCUT2D eigenvalue weighted by Crippen LogP contribution is -2.22. The Balaban J connectivity index is 2.57. The van der Waals surface area contributed by atoms with E-state index in [1.54, 1.807) is 0 Å². The smallest absolute Gasteiger partial charge is 0.0390 e. The SMILES string of the molecule is C=CC1=C(/C=C\C)C(C)(C(=C)C)c2cc(NC(/C=C\CC)=C/C)ccc21. The van der Waals surface area contributed by atoms with Crippen LogP contribution in [0.2, 0.25) is 0 Å². The van der Waals surface area contributed by atoms with Crippen molar-refractivity contribution < 1.29 is 0 Å². The summed E-state index contributed by atoms with van der Waals surface area (Å²) < 4.78 is 0. The average molecular weight is 346 g/mol. The topological polar surface area (TPSA) is 12.0 Å². The molecule has 1 aromatic rings. The van der Waals surface area contributed by atoms with Crippen molar-refractivity contribution >= 4 is 11.3 Å².